The number of alkyl halides is 6. The van der Waals surface area contributed by atoms with Crippen LogP contribution in [0.1, 0.15) is 19.3 Å². The molecule has 9 nitrogen and oxygen atoms in total. The summed E-state index contributed by atoms with van der Waals surface area (Å²) in [7, 11) is 3.46. The lowest BCUT2D eigenvalue weighted by Crippen LogP contribution is -2.46. The Morgan fingerprint density at radius 2 is 1.52 bits per heavy atom. The van der Waals surface area contributed by atoms with Gasteiger partial charge in [0.1, 0.15) is 5.71 Å². The van der Waals surface area contributed by atoms with Crippen LogP contribution in [0.2, 0.25) is 0 Å². The van der Waals surface area contributed by atoms with Crippen LogP contribution in [0.25, 0.3) is 0 Å². The van der Waals surface area contributed by atoms with Crippen LogP contribution in [0.5, 0.6) is 0 Å². The lowest BCUT2D eigenvalue weighted by Gasteiger charge is -2.30. The van der Waals surface area contributed by atoms with E-state index < -0.39 is 24.3 Å². The van der Waals surface area contributed by atoms with Crippen molar-refractivity contribution in [2.45, 2.75) is 37.2 Å². The number of halogens is 6. The van der Waals surface area contributed by atoms with Crippen LogP contribution in [-0.4, -0.2) is 83.8 Å². The first kappa shape index (κ1) is 26.4. The molecule has 0 bridgehead atoms. The fraction of sp³-hybridized carbons (Fsp3) is 0.714. The molecule has 1 fully saturated rings. The number of nitrogens with one attached hydrogen (secondary N) is 1. The lowest BCUT2D eigenvalue weighted by molar-refractivity contribution is -0.193. The van der Waals surface area contributed by atoms with Crippen molar-refractivity contribution in [3.63, 3.8) is 0 Å². The molecular weight excluding hydrogens is 420 g/mol. The molecule has 2 aliphatic heterocycles. The standard InChI is InChI=1S/C10H17N3O2.2C2HF3O2/c1-13(2)9(14)8-6-10(15-12-8)4-3-5-11-7-10;2*3-2(4,5)1(6)7/h11H,3-7H2,1-2H3;2*(H,6,7). The van der Waals surface area contributed by atoms with Gasteiger partial charge in [0, 0.05) is 27.1 Å². The predicted molar refractivity (Wildman–Crippen MR) is 84.0 cm³/mol. The third-order valence-corrected chi connectivity index (χ3v) is 3.41. The maximum atomic E-state index is 11.7. The highest BCUT2D eigenvalue weighted by Gasteiger charge is 2.42. The predicted octanol–water partition coefficient (Wildman–Crippen LogP) is 1.24. The second kappa shape index (κ2) is 10.3. The van der Waals surface area contributed by atoms with E-state index in [4.69, 9.17) is 24.6 Å². The largest absolute Gasteiger partial charge is 0.490 e. The van der Waals surface area contributed by atoms with E-state index in [0.717, 1.165) is 25.9 Å². The Labute approximate surface area is 160 Å². The molecule has 0 aromatic rings. The van der Waals surface area contributed by atoms with Crippen LogP contribution >= 0.6 is 0 Å². The number of carboxylic acids is 2. The monoisotopic (exact) mass is 439 g/mol. The smallest absolute Gasteiger partial charge is 0.475 e. The molecule has 0 saturated carbocycles. The summed E-state index contributed by atoms with van der Waals surface area (Å²) < 4.78 is 63.5. The van der Waals surface area contributed by atoms with E-state index in [1.807, 2.05) is 0 Å². The second-order valence-electron chi connectivity index (χ2n) is 6.07. The maximum absolute atomic E-state index is 11.7. The van der Waals surface area contributed by atoms with Crippen molar-refractivity contribution in [1.29, 1.82) is 0 Å². The Morgan fingerprint density at radius 1 is 1.07 bits per heavy atom. The number of hydrogen-bond acceptors (Lipinski definition) is 6. The zero-order valence-electron chi connectivity index (χ0n) is 15.2. The lowest BCUT2D eigenvalue weighted by atomic mass is 9.89. The van der Waals surface area contributed by atoms with Crippen LogP contribution in [0.15, 0.2) is 5.16 Å². The van der Waals surface area contributed by atoms with Crippen molar-refractivity contribution >= 4 is 23.6 Å². The Balaban J connectivity index is 0.000000473. The quantitative estimate of drug-likeness (QED) is 0.525. The summed E-state index contributed by atoms with van der Waals surface area (Å²) in [5, 5.41) is 21.5. The van der Waals surface area contributed by atoms with Crippen molar-refractivity contribution in [1.82, 2.24) is 10.2 Å². The summed E-state index contributed by atoms with van der Waals surface area (Å²) in [6.45, 7) is 1.82. The number of piperidine rings is 1. The zero-order chi connectivity index (χ0) is 23.0. The summed E-state index contributed by atoms with van der Waals surface area (Å²) in [5.74, 6) is -5.56. The highest BCUT2D eigenvalue weighted by molar-refractivity contribution is 6.39. The second-order valence-corrected chi connectivity index (χ2v) is 6.07. The minimum absolute atomic E-state index is 0.0440. The molecule has 1 amide bonds. The van der Waals surface area contributed by atoms with Gasteiger partial charge in [-0.05, 0) is 19.4 Å². The molecule has 15 heteroatoms. The molecule has 1 atom stereocenters. The number of carbonyl (C=O) groups excluding carboxylic acids is 1. The molecule has 29 heavy (non-hydrogen) atoms. The summed E-state index contributed by atoms with van der Waals surface area (Å²) >= 11 is 0. The topological polar surface area (TPSA) is 129 Å². The van der Waals surface area contributed by atoms with Crippen LogP contribution in [0.3, 0.4) is 0 Å². The first-order valence-corrected chi connectivity index (χ1v) is 7.79. The number of aliphatic carboxylic acids is 2. The highest BCUT2D eigenvalue weighted by atomic mass is 19.4. The number of amides is 1. The number of carbonyl (C=O) groups is 3. The van der Waals surface area contributed by atoms with E-state index in [9.17, 15) is 31.1 Å². The van der Waals surface area contributed by atoms with Gasteiger partial charge in [-0.2, -0.15) is 26.3 Å². The number of hydrogen-bond donors (Lipinski definition) is 3. The summed E-state index contributed by atoms with van der Waals surface area (Å²) in [6, 6.07) is 0. The van der Waals surface area contributed by atoms with Crippen LogP contribution in [0.4, 0.5) is 26.3 Å². The summed E-state index contributed by atoms with van der Waals surface area (Å²) in [4.78, 5) is 36.4. The van der Waals surface area contributed by atoms with Crippen molar-refractivity contribution in [2.24, 2.45) is 5.16 Å². The first-order valence-electron chi connectivity index (χ1n) is 7.79. The van der Waals surface area contributed by atoms with Crippen LogP contribution in [0, 0.1) is 0 Å². The Morgan fingerprint density at radius 3 is 1.83 bits per heavy atom. The third-order valence-electron chi connectivity index (χ3n) is 3.41. The molecule has 2 rings (SSSR count). The van der Waals surface area contributed by atoms with Crippen molar-refractivity contribution < 1.29 is 55.8 Å². The van der Waals surface area contributed by atoms with Gasteiger partial charge in [0.2, 0.25) is 0 Å². The average Bonchev–Trinajstić information content (AvgIpc) is 2.97. The molecule has 2 aliphatic rings. The van der Waals surface area contributed by atoms with E-state index >= 15 is 0 Å². The number of carboxylic acid groups (broad SMARTS) is 2. The first-order chi connectivity index (χ1) is 13.0. The highest BCUT2D eigenvalue weighted by Crippen LogP contribution is 2.30. The minimum Gasteiger partial charge on any atom is -0.475 e. The van der Waals surface area contributed by atoms with Gasteiger partial charge in [0.05, 0.1) is 0 Å². The number of oxime groups is 1. The molecule has 3 N–H and O–H groups in total. The summed E-state index contributed by atoms with van der Waals surface area (Å²) in [5.41, 5.74) is 0.294. The average molecular weight is 439 g/mol. The minimum atomic E-state index is -5.08. The Kier molecular flexibility index (Phi) is 9.36. The fourth-order valence-electron chi connectivity index (χ4n) is 2.06. The van der Waals surface area contributed by atoms with Crippen LogP contribution in [-0.2, 0) is 19.2 Å². The molecule has 0 aromatic carbocycles. The van der Waals surface area contributed by atoms with Gasteiger partial charge >= 0.3 is 24.3 Å². The van der Waals surface area contributed by atoms with Gasteiger partial charge in [0.25, 0.3) is 5.91 Å². The SMILES string of the molecule is CN(C)C(=O)C1=NOC2(CCCNC2)C1.O=C(O)C(F)(F)F.O=C(O)C(F)(F)F. The van der Waals surface area contributed by atoms with E-state index in [2.05, 4.69) is 10.5 Å². The zero-order valence-corrected chi connectivity index (χ0v) is 15.2. The molecule has 0 aliphatic carbocycles. The van der Waals surface area contributed by atoms with Gasteiger partial charge < -0.3 is 25.3 Å². The Bertz CT molecular complexity index is 602. The van der Waals surface area contributed by atoms with E-state index in [1.165, 1.54) is 4.90 Å². The van der Waals surface area contributed by atoms with Crippen molar-refractivity contribution in [3.05, 3.63) is 0 Å². The molecule has 2 heterocycles. The molecule has 0 aromatic heterocycles. The molecule has 1 spiro atoms. The Hall–Kier alpha value is -2.58. The van der Waals surface area contributed by atoms with Gasteiger partial charge in [0.15, 0.2) is 5.60 Å². The molecule has 1 unspecified atom stereocenters. The normalized spacial score (nSPS) is 20.9. The van der Waals surface area contributed by atoms with E-state index in [1.54, 1.807) is 14.1 Å². The molecule has 1 saturated heterocycles. The van der Waals surface area contributed by atoms with Gasteiger partial charge in [-0.1, -0.05) is 5.16 Å². The van der Waals surface area contributed by atoms with Gasteiger partial charge in [-0.15, -0.1) is 0 Å². The number of rotatable bonds is 1. The third kappa shape index (κ3) is 9.45. The molecular formula is C14H19F6N3O6. The fourth-order valence-corrected chi connectivity index (χ4v) is 2.06. The summed E-state index contributed by atoms with van der Waals surface area (Å²) in [6.07, 6.45) is -7.47. The van der Waals surface area contributed by atoms with Crippen LogP contribution < -0.4 is 5.32 Å². The maximum Gasteiger partial charge on any atom is 0.490 e. The van der Waals surface area contributed by atoms with E-state index in [0.29, 0.717) is 12.1 Å². The van der Waals surface area contributed by atoms with E-state index in [-0.39, 0.29) is 11.5 Å². The van der Waals surface area contributed by atoms with Crippen molar-refractivity contribution in [3.8, 4) is 0 Å². The molecule has 168 valence electrons. The van der Waals surface area contributed by atoms with Gasteiger partial charge in [-0.25, -0.2) is 9.59 Å². The van der Waals surface area contributed by atoms with Gasteiger partial charge in [-0.3, -0.25) is 4.79 Å². The van der Waals surface area contributed by atoms with Crippen molar-refractivity contribution in [2.75, 3.05) is 27.2 Å². The molecule has 0 radical (unpaired) electrons. The number of nitrogens with zero attached hydrogens (tertiary/aromatic N) is 2.